The van der Waals surface area contributed by atoms with Crippen molar-refractivity contribution in [2.24, 2.45) is 0 Å². The Morgan fingerprint density at radius 2 is 2.14 bits per heavy atom. The van der Waals surface area contributed by atoms with E-state index in [4.69, 9.17) is 5.73 Å². The molecule has 1 heterocycles. The Labute approximate surface area is 129 Å². The second-order valence-electron chi connectivity index (χ2n) is 5.38. The van der Waals surface area contributed by atoms with Gasteiger partial charge in [0.1, 0.15) is 0 Å². The SMILES string of the molecule is Cc1cc(S(=O)(=O)NC2CCCc3sccc32)ccc1N. The number of sulfonamides is 1. The number of nitrogen functional groups attached to an aromatic ring is 1. The highest BCUT2D eigenvalue weighted by molar-refractivity contribution is 7.89. The Morgan fingerprint density at radius 1 is 1.33 bits per heavy atom. The first-order valence-electron chi connectivity index (χ1n) is 6.92. The van der Waals surface area contributed by atoms with Crippen molar-refractivity contribution in [3.05, 3.63) is 45.6 Å². The van der Waals surface area contributed by atoms with Gasteiger partial charge in [-0.15, -0.1) is 11.3 Å². The Hall–Kier alpha value is -1.37. The highest BCUT2D eigenvalue weighted by Gasteiger charge is 2.26. The molecule has 0 bridgehead atoms. The molecule has 0 saturated carbocycles. The van der Waals surface area contributed by atoms with Gasteiger partial charge in [-0.25, -0.2) is 13.1 Å². The average Bonchev–Trinajstić information content (AvgIpc) is 2.91. The van der Waals surface area contributed by atoms with Crippen molar-refractivity contribution in [2.45, 2.75) is 37.1 Å². The molecule has 0 aliphatic heterocycles. The minimum absolute atomic E-state index is 0.122. The summed E-state index contributed by atoms with van der Waals surface area (Å²) in [7, 11) is -3.52. The third-order valence-electron chi connectivity index (χ3n) is 3.90. The van der Waals surface area contributed by atoms with Gasteiger partial charge >= 0.3 is 0 Å². The first-order chi connectivity index (χ1) is 9.97. The number of fused-ring (bicyclic) bond motifs is 1. The van der Waals surface area contributed by atoms with Crippen molar-refractivity contribution in [1.29, 1.82) is 0 Å². The van der Waals surface area contributed by atoms with Crippen molar-refractivity contribution >= 4 is 27.0 Å². The number of rotatable bonds is 3. The first-order valence-corrected chi connectivity index (χ1v) is 9.28. The Kier molecular flexibility index (Phi) is 3.77. The lowest BCUT2D eigenvalue weighted by atomic mass is 9.95. The van der Waals surface area contributed by atoms with Crippen LogP contribution >= 0.6 is 11.3 Å². The van der Waals surface area contributed by atoms with Gasteiger partial charge in [-0.2, -0.15) is 0 Å². The van der Waals surface area contributed by atoms with Gasteiger partial charge in [-0.1, -0.05) is 0 Å². The van der Waals surface area contributed by atoms with E-state index in [2.05, 4.69) is 4.72 Å². The van der Waals surface area contributed by atoms with Crippen LogP contribution in [0, 0.1) is 6.92 Å². The summed E-state index contributed by atoms with van der Waals surface area (Å²) in [5.74, 6) is 0. The lowest BCUT2D eigenvalue weighted by Crippen LogP contribution is -2.30. The standard InChI is InChI=1S/C15H18N2O2S2/c1-10-9-11(5-6-13(10)16)21(18,19)17-14-3-2-4-15-12(14)7-8-20-15/h5-9,14,17H,2-4,16H2,1H3. The number of anilines is 1. The molecule has 1 unspecified atom stereocenters. The number of aryl methyl sites for hydroxylation is 2. The van der Waals surface area contributed by atoms with Gasteiger partial charge in [-0.05, 0) is 67.0 Å². The largest absolute Gasteiger partial charge is 0.399 e. The third-order valence-corrected chi connectivity index (χ3v) is 6.37. The molecule has 0 spiro atoms. The number of thiophene rings is 1. The number of hydrogen-bond donors (Lipinski definition) is 2. The van der Waals surface area contributed by atoms with Crippen molar-refractivity contribution in [3.8, 4) is 0 Å². The predicted molar refractivity (Wildman–Crippen MR) is 85.9 cm³/mol. The van der Waals surface area contributed by atoms with Crippen LogP contribution in [-0.2, 0) is 16.4 Å². The zero-order valence-electron chi connectivity index (χ0n) is 11.8. The summed E-state index contributed by atoms with van der Waals surface area (Å²) in [6, 6.07) is 6.72. The predicted octanol–water partition coefficient (Wildman–Crippen LogP) is 2.99. The van der Waals surface area contributed by atoms with Crippen LogP contribution in [-0.4, -0.2) is 8.42 Å². The molecule has 1 aromatic heterocycles. The molecular weight excluding hydrogens is 304 g/mol. The third kappa shape index (κ3) is 2.84. The van der Waals surface area contributed by atoms with E-state index in [0.29, 0.717) is 5.69 Å². The van der Waals surface area contributed by atoms with Crippen LogP contribution in [0.3, 0.4) is 0 Å². The van der Waals surface area contributed by atoms with E-state index in [1.54, 1.807) is 29.5 Å². The summed E-state index contributed by atoms with van der Waals surface area (Å²) in [5.41, 5.74) is 8.26. The van der Waals surface area contributed by atoms with E-state index in [-0.39, 0.29) is 10.9 Å². The molecule has 3 rings (SSSR count). The number of nitrogens with one attached hydrogen (secondary N) is 1. The maximum Gasteiger partial charge on any atom is 0.241 e. The van der Waals surface area contributed by atoms with Gasteiger partial charge in [0.15, 0.2) is 0 Å². The maximum atomic E-state index is 12.5. The second-order valence-corrected chi connectivity index (χ2v) is 8.10. The van der Waals surface area contributed by atoms with E-state index in [1.165, 1.54) is 4.88 Å². The topological polar surface area (TPSA) is 72.2 Å². The zero-order valence-corrected chi connectivity index (χ0v) is 13.4. The minimum atomic E-state index is -3.52. The van der Waals surface area contributed by atoms with Gasteiger partial charge in [0.05, 0.1) is 4.90 Å². The van der Waals surface area contributed by atoms with Gasteiger partial charge in [0.2, 0.25) is 10.0 Å². The zero-order chi connectivity index (χ0) is 15.0. The van der Waals surface area contributed by atoms with E-state index >= 15 is 0 Å². The average molecular weight is 322 g/mol. The smallest absolute Gasteiger partial charge is 0.241 e. The number of nitrogens with two attached hydrogens (primary N) is 1. The molecule has 21 heavy (non-hydrogen) atoms. The summed E-state index contributed by atoms with van der Waals surface area (Å²) in [5, 5.41) is 2.03. The monoisotopic (exact) mass is 322 g/mol. The lowest BCUT2D eigenvalue weighted by Gasteiger charge is -2.23. The molecule has 2 aromatic rings. The quantitative estimate of drug-likeness (QED) is 0.853. The molecule has 0 radical (unpaired) electrons. The Morgan fingerprint density at radius 3 is 2.90 bits per heavy atom. The van der Waals surface area contributed by atoms with Crippen LogP contribution in [0.15, 0.2) is 34.5 Å². The van der Waals surface area contributed by atoms with Crippen LogP contribution in [0.4, 0.5) is 5.69 Å². The Bertz CT molecular complexity index is 766. The fourth-order valence-electron chi connectivity index (χ4n) is 2.68. The van der Waals surface area contributed by atoms with Gasteiger partial charge in [0.25, 0.3) is 0 Å². The van der Waals surface area contributed by atoms with Crippen molar-refractivity contribution in [3.63, 3.8) is 0 Å². The van der Waals surface area contributed by atoms with Gasteiger partial charge < -0.3 is 5.73 Å². The van der Waals surface area contributed by atoms with Crippen molar-refractivity contribution in [1.82, 2.24) is 4.72 Å². The van der Waals surface area contributed by atoms with Crippen molar-refractivity contribution < 1.29 is 8.42 Å². The van der Waals surface area contributed by atoms with Crippen LogP contribution in [0.25, 0.3) is 0 Å². The Balaban J connectivity index is 1.89. The van der Waals surface area contributed by atoms with E-state index in [1.807, 2.05) is 18.4 Å². The van der Waals surface area contributed by atoms with Gasteiger partial charge in [-0.3, -0.25) is 0 Å². The summed E-state index contributed by atoms with van der Waals surface area (Å²) in [6.45, 7) is 1.81. The van der Waals surface area contributed by atoms with E-state index < -0.39 is 10.0 Å². The second kappa shape index (κ2) is 5.44. The number of hydrogen-bond acceptors (Lipinski definition) is 4. The normalized spacial score (nSPS) is 18.4. The highest BCUT2D eigenvalue weighted by atomic mass is 32.2. The number of benzene rings is 1. The summed E-state index contributed by atoms with van der Waals surface area (Å²) >= 11 is 1.70. The lowest BCUT2D eigenvalue weighted by molar-refractivity contribution is 0.511. The fourth-order valence-corrected chi connectivity index (χ4v) is 5.00. The molecule has 6 heteroatoms. The van der Waals surface area contributed by atoms with E-state index in [0.717, 1.165) is 30.4 Å². The molecule has 112 valence electrons. The minimum Gasteiger partial charge on any atom is -0.399 e. The molecule has 1 aromatic carbocycles. The first kappa shape index (κ1) is 14.6. The molecule has 1 aliphatic carbocycles. The summed E-state index contributed by atoms with van der Waals surface area (Å²) < 4.78 is 27.9. The fraction of sp³-hybridized carbons (Fsp3) is 0.333. The highest BCUT2D eigenvalue weighted by Crippen LogP contribution is 2.34. The summed E-state index contributed by atoms with van der Waals surface area (Å²) in [6.07, 6.45) is 2.91. The molecule has 4 nitrogen and oxygen atoms in total. The van der Waals surface area contributed by atoms with Crippen LogP contribution in [0.2, 0.25) is 0 Å². The summed E-state index contributed by atoms with van der Waals surface area (Å²) in [4.78, 5) is 1.57. The molecule has 1 atom stereocenters. The molecule has 0 saturated heterocycles. The maximum absolute atomic E-state index is 12.5. The van der Waals surface area contributed by atoms with Crippen LogP contribution in [0.5, 0.6) is 0 Å². The van der Waals surface area contributed by atoms with Crippen LogP contribution < -0.4 is 10.5 Å². The molecular formula is C15H18N2O2S2. The molecule has 3 N–H and O–H groups in total. The molecule has 0 fully saturated rings. The molecule has 0 amide bonds. The van der Waals surface area contributed by atoms with Crippen LogP contribution in [0.1, 0.15) is 34.9 Å². The van der Waals surface area contributed by atoms with E-state index in [9.17, 15) is 8.42 Å². The van der Waals surface area contributed by atoms with Gasteiger partial charge in [0, 0.05) is 16.6 Å². The van der Waals surface area contributed by atoms with Crippen molar-refractivity contribution in [2.75, 3.05) is 5.73 Å². The molecule has 1 aliphatic rings.